The molecule has 0 aliphatic carbocycles. The molecule has 1 aromatic carbocycles. The van der Waals surface area contributed by atoms with E-state index in [1.807, 2.05) is 19.1 Å². The zero-order valence-corrected chi connectivity index (χ0v) is 12.5. The van der Waals surface area contributed by atoms with E-state index in [0.717, 1.165) is 31.6 Å². The highest BCUT2D eigenvalue weighted by atomic mass is 35.5. The van der Waals surface area contributed by atoms with Crippen molar-refractivity contribution in [3.8, 4) is 5.75 Å². The molecule has 1 heterocycles. The summed E-state index contributed by atoms with van der Waals surface area (Å²) < 4.78 is 5.71. The molecule has 1 fully saturated rings. The summed E-state index contributed by atoms with van der Waals surface area (Å²) in [6, 6.07) is 7.17. The van der Waals surface area contributed by atoms with Crippen molar-refractivity contribution in [3.63, 3.8) is 0 Å². The van der Waals surface area contributed by atoms with Crippen LogP contribution in [0.15, 0.2) is 24.3 Å². The molecule has 2 atom stereocenters. The van der Waals surface area contributed by atoms with Gasteiger partial charge in [-0.05, 0) is 50.6 Å². The number of hydrogen-bond acceptors (Lipinski definition) is 3. The molecule has 1 amide bonds. The smallest absolute Gasteiger partial charge is 0.237 e. The highest BCUT2D eigenvalue weighted by Gasteiger charge is 2.20. The van der Waals surface area contributed by atoms with Crippen LogP contribution in [0.4, 0.5) is 0 Å². The minimum Gasteiger partial charge on any atom is -0.489 e. The fourth-order valence-electron chi connectivity index (χ4n) is 2.23. The summed E-state index contributed by atoms with van der Waals surface area (Å²) in [6.45, 7) is 3.36. The molecule has 0 spiro atoms. The Kier molecular flexibility index (Phi) is 5.68. The van der Waals surface area contributed by atoms with Crippen LogP contribution >= 0.6 is 11.6 Å². The molecule has 0 radical (unpaired) electrons. The Labute approximate surface area is 124 Å². The van der Waals surface area contributed by atoms with E-state index in [0.29, 0.717) is 11.6 Å². The molecule has 2 rings (SSSR count). The molecule has 1 saturated heterocycles. The molecule has 0 bridgehead atoms. The number of benzene rings is 1. The Hall–Kier alpha value is -1.26. The fraction of sp³-hybridized carbons (Fsp3) is 0.533. The maximum atomic E-state index is 12.0. The Bertz CT molecular complexity index is 430. The van der Waals surface area contributed by atoms with Crippen molar-refractivity contribution in [3.05, 3.63) is 29.3 Å². The van der Waals surface area contributed by atoms with Gasteiger partial charge in [0.2, 0.25) is 5.91 Å². The van der Waals surface area contributed by atoms with Crippen molar-refractivity contribution in [2.75, 3.05) is 13.1 Å². The fourth-order valence-corrected chi connectivity index (χ4v) is 2.36. The van der Waals surface area contributed by atoms with Crippen LogP contribution in [0.3, 0.4) is 0 Å². The van der Waals surface area contributed by atoms with Gasteiger partial charge in [-0.25, -0.2) is 0 Å². The van der Waals surface area contributed by atoms with Gasteiger partial charge in [0.05, 0.1) is 12.6 Å². The topological polar surface area (TPSA) is 50.4 Å². The SMILES string of the molecule is CC(CNC(=O)C1CCCCN1)Oc1ccc(Cl)cc1. The lowest BCUT2D eigenvalue weighted by molar-refractivity contribution is -0.124. The second-order valence-electron chi connectivity index (χ2n) is 5.13. The quantitative estimate of drug-likeness (QED) is 0.877. The average Bonchev–Trinajstić information content (AvgIpc) is 2.48. The minimum absolute atomic E-state index is 0.0496. The molecule has 5 heteroatoms. The molecule has 1 aromatic rings. The molecule has 20 heavy (non-hydrogen) atoms. The molecular weight excluding hydrogens is 276 g/mol. The molecule has 2 N–H and O–H groups in total. The van der Waals surface area contributed by atoms with Crippen molar-refractivity contribution in [2.24, 2.45) is 0 Å². The minimum atomic E-state index is -0.0799. The summed E-state index contributed by atoms with van der Waals surface area (Å²) in [6.07, 6.45) is 3.10. The van der Waals surface area contributed by atoms with Gasteiger partial charge in [0.15, 0.2) is 0 Å². The third kappa shape index (κ3) is 4.69. The number of amides is 1. The van der Waals surface area contributed by atoms with Gasteiger partial charge in [0.25, 0.3) is 0 Å². The van der Waals surface area contributed by atoms with Crippen molar-refractivity contribution < 1.29 is 9.53 Å². The molecule has 0 aromatic heterocycles. The van der Waals surface area contributed by atoms with Crippen LogP contribution in [-0.4, -0.2) is 31.1 Å². The van der Waals surface area contributed by atoms with Crippen LogP contribution in [0, 0.1) is 0 Å². The summed E-state index contributed by atoms with van der Waals surface area (Å²) in [5, 5.41) is 6.84. The first-order valence-electron chi connectivity index (χ1n) is 7.08. The number of ether oxygens (including phenoxy) is 1. The number of halogens is 1. The van der Waals surface area contributed by atoms with Crippen molar-refractivity contribution in [1.82, 2.24) is 10.6 Å². The highest BCUT2D eigenvalue weighted by Crippen LogP contribution is 2.16. The second-order valence-corrected chi connectivity index (χ2v) is 5.57. The van der Waals surface area contributed by atoms with Gasteiger partial charge >= 0.3 is 0 Å². The lowest BCUT2D eigenvalue weighted by Gasteiger charge is -2.23. The molecule has 2 unspecified atom stereocenters. The number of nitrogens with one attached hydrogen (secondary N) is 2. The summed E-state index contributed by atoms with van der Waals surface area (Å²) in [4.78, 5) is 12.0. The predicted molar refractivity (Wildman–Crippen MR) is 80.2 cm³/mol. The maximum Gasteiger partial charge on any atom is 0.237 e. The number of carbonyl (C=O) groups is 1. The summed E-state index contributed by atoms with van der Waals surface area (Å²) in [7, 11) is 0. The third-order valence-electron chi connectivity index (χ3n) is 3.34. The molecule has 110 valence electrons. The summed E-state index contributed by atoms with van der Waals surface area (Å²) >= 11 is 5.82. The second kappa shape index (κ2) is 7.50. The first kappa shape index (κ1) is 15.1. The number of hydrogen-bond donors (Lipinski definition) is 2. The zero-order chi connectivity index (χ0) is 14.4. The highest BCUT2D eigenvalue weighted by molar-refractivity contribution is 6.30. The van der Waals surface area contributed by atoms with Crippen LogP contribution in [0.2, 0.25) is 5.02 Å². The lowest BCUT2D eigenvalue weighted by atomic mass is 10.0. The average molecular weight is 297 g/mol. The van der Waals surface area contributed by atoms with Crippen molar-refractivity contribution in [1.29, 1.82) is 0 Å². The van der Waals surface area contributed by atoms with Crippen LogP contribution in [-0.2, 0) is 4.79 Å². The normalized spacial score (nSPS) is 20.2. The van der Waals surface area contributed by atoms with E-state index in [2.05, 4.69) is 10.6 Å². The van der Waals surface area contributed by atoms with E-state index in [9.17, 15) is 4.79 Å². The van der Waals surface area contributed by atoms with Gasteiger partial charge in [0.1, 0.15) is 11.9 Å². The molecule has 4 nitrogen and oxygen atoms in total. The van der Waals surface area contributed by atoms with Gasteiger partial charge in [0, 0.05) is 5.02 Å². The van der Waals surface area contributed by atoms with Crippen LogP contribution in [0.5, 0.6) is 5.75 Å². The lowest BCUT2D eigenvalue weighted by Crippen LogP contribution is -2.48. The molecule has 0 saturated carbocycles. The van der Waals surface area contributed by atoms with Crippen molar-refractivity contribution >= 4 is 17.5 Å². The van der Waals surface area contributed by atoms with Gasteiger partial charge in [-0.15, -0.1) is 0 Å². The summed E-state index contributed by atoms with van der Waals surface area (Å²) in [5.74, 6) is 0.822. The third-order valence-corrected chi connectivity index (χ3v) is 3.59. The van der Waals surface area contributed by atoms with Gasteiger partial charge < -0.3 is 15.4 Å². The van der Waals surface area contributed by atoms with Gasteiger partial charge in [-0.2, -0.15) is 0 Å². The molecular formula is C15H21ClN2O2. The predicted octanol–water partition coefficient (Wildman–Crippen LogP) is 2.37. The van der Waals surface area contributed by atoms with E-state index < -0.39 is 0 Å². The first-order chi connectivity index (χ1) is 9.65. The largest absolute Gasteiger partial charge is 0.489 e. The van der Waals surface area contributed by atoms with E-state index >= 15 is 0 Å². The number of rotatable bonds is 5. The van der Waals surface area contributed by atoms with E-state index in [4.69, 9.17) is 16.3 Å². The first-order valence-corrected chi connectivity index (χ1v) is 7.46. The van der Waals surface area contributed by atoms with E-state index in [1.165, 1.54) is 0 Å². The van der Waals surface area contributed by atoms with E-state index in [-0.39, 0.29) is 18.1 Å². The Balaban J connectivity index is 1.72. The molecule has 1 aliphatic heterocycles. The van der Waals surface area contributed by atoms with Gasteiger partial charge in [-0.1, -0.05) is 18.0 Å². The summed E-state index contributed by atoms with van der Waals surface area (Å²) in [5.41, 5.74) is 0. The van der Waals surface area contributed by atoms with E-state index in [1.54, 1.807) is 12.1 Å². The van der Waals surface area contributed by atoms with Crippen LogP contribution in [0.25, 0.3) is 0 Å². The standard InChI is InChI=1S/C15H21ClN2O2/c1-11(20-13-7-5-12(16)6-8-13)10-18-15(19)14-4-2-3-9-17-14/h5-8,11,14,17H,2-4,9-10H2,1H3,(H,18,19). The zero-order valence-electron chi connectivity index (χ0n) is 11.7. The maximum absolute atomic E-state index is 12.0. The number of carbonyl (C=O) groups excluding carboxylic acids is 1. The van der Waals surface area contributed by atoms with Crippen LogP contribution in [0.1, 0.15) is 26.2 Å². The van der Waals surface area contributed by atoms with Gasteiger partial charge in [-0.3, -0.25) is 4.79 Å². The monoisotopic (exact) mass is 296 g/mol. The molecule has 1 aliphatic rings. The Morgan fingerprint density at radius 2 is 2.20 bits per heavy atom. The Morgan fingerprint density at radius 1 is 1.45 bits per heavy atom. The van der Waals surface area contributed by atoms with Crippen LogP contribution < -0.4 is 15.4 Å². The van der Waals surface area contributed by atoms with Crippen molar-refractivity contribution in [2.45, 2.75) is 38.3 Å². The number of piperidine rings is 1. The Morgan fingerprint density at radius 3 is 2.85 bits per heavy atom.